The molecule has 0 spiro atoms. The van der Waals surface area contributed by atoms with E-state index in [9.17, 15) is 0 Å². The highest BCUT2D eigenvalue weighted by Gasteiger charge is 2.49. The molecule has 23 heavy (non-hydrogen) atoms. The fourth-order valence-electron chi connectivity index (χ4n) is 2.80. The predicted molar refractivity (Wildman–Crippen MR) is 94.4 cm³/mol. The lowest BCUT2D eigenvalue weighted by molar-refractivity contribution is 0.145. The third-order valence-electron chi connectivity index (χ3n) is 4.95. The molecule has 0 aliphatic carbocycles. The molecule has 0 saturated carbocycles. The summed E-state index contributed by atoms with van der Waals surface area (Å²) < 4.78 is 11.5. The Bertz CT molecular complexity index is 509. The van der Waals surface area contributed by atoms with Gasteiger partial charge in [0.1, 0.15) is 0 Å². The summed E-state index contributed by atoms with van der Waals surface area (Å²) in [5.41, 5.74) is 3.88. The molecule has 1 aliphatic rings. The number of pyridine rings is 1. The van der Waals surface area contributed by atoms with Crippen molar-refractivity contribution in [3.63, 3.8) is 0 Å². The maximum absolute atomic E-state index is 5.78. The number of epoxide rings is 1. The zero-order valence-electron chi connectivity index (χ0n) is 15.1. The quantitative estimate of drug-likeness (QED) is 0.352. The molecule has 2 heterocycles. The Labute approximate surface area is 141 Å². The van der Waals surface area contributed by atoms with Gasteiger partial charge in [0.2, 0.25) is 0 Å². The van der Waals surface area contributed by atoms with Gasteiger partial charge in [-0.15, -0.1) is 0 Å². The van der Waals surface area contributed by atoms with Crippen LogP contribution in [0, 0.1) is 0 Å². The lowest BCUT2D eigenvalue weighted by Gasteiger charge is -2.06. The molecular weight excluding hydrogens is 286 g/mol. The fourth-order valence-corrected chi connectivity index (χ4v) is 2.80. The molecule has 1 aliphatic heterocycles. The van der Waals surface area contributed by atoms with E-state index < -0.39 is 0 Å². The minimum atomic E-state index is 0.145. The fraction of sp³-hybridized carbons (Fsp3) is 0.650. The first-order chi connectivity index (χ1) is 11.1. The van der Waals surface area contributed by atoms with Crippen LogP contribution in [0.4, 0.5) is 0 Å². The summed E-state index contributed by atoms with van der Waals surface area (Å²) in [6, 6.07) is 4.18. The first-order valence-corrected chi connectivity index (χ1v) is 8.98. The van der Waals surface area contributed by atoms with Gasteiger partial charge in [-0.05, 0) is 50.7 Å². The monoisotopic (exact) mass is 317 g/mol. The third-order valence-corrected chi connectivity index (χ3v) is 4.95. The van der Waals surface area contributed by atoms with Crippen LogP contribution < -0.4 is 0 Å². The van der Waals surface area contributed by atoms with Gasteiger partial charge in [-0.25, -0.2) is 0 Å². The molecule has 0 N–H and O–H groups in total. The van der Waals surface area contributed by atoms with E-state index in [1.807, 2.05) is 6.20 Å². The van der Waals surface area contributed by atoms with Crippen molar-refractivity contribution in [3.8, 4) is 0 Å². The van der Waals surface area contributed by atoms with Gasteiger partial charge in [-0.1, -0.05) is 38.5 Å². The molecule has 2 unspecified atom stereocenters. The van der Waals surface area contributed by atoms with Gasteiger partial charge < -0.3 is 9.47 Å². The summed E-state index contributed by atoms with van der Waals surface area (Å²) in [7, 11) is 0. The van der Waals surface area contributed by atoms with E-state index in [1.54, 1.807) is 0 Å². The van der Waals surface area contributed by atoms with E-state index in [0.717, 1.165) is 37.8 Å². The maximum Gasteiger partial charge on any atom is 0.0918 e. The predicted octanol–water partition coefficient (Wildman–Crippen LogP) is 4.84. The molecule has 0 bridgehead atoms. The van der Waals surface area contributed by atoms with Crippen LogP contribution in [0.2, 0.25) is 0 Å². The third kappa shape index (κ3) is 5.43. The van der Waals surface area contributed by atoms with Crippen molar-refractivity contribution < 1.29 is 9.47 Å². The van der Waals surface area contributed by atoms with E-state index in [0.29, 0.717) is 19.3 Å². The average molecular weight is 317 g/mol. The molecule has 128 valence electrons. The standard InChI is InChI=1S/C20H31NO2/c1-5-16(9-11-19-20(4,7-3)23-19)12-13-22-15-18-10-8-17(6-2)14-21-18/h8,10,12,14,19H,5-7,9,11,13,15H2,1-4H3. The minimum absolute atomic E-state index is 0.145. The van der Waals surface area contributed by atoms with Crippen LogP contribution >= 0.6 is 0 Å². The van der Waals surface area contributed by atoms with E-state index in [1.165, 1.54) is 11.1 Å². The molecule has 2 atom stereocenters. The Morgan fingerprint density at radius 2 is 2.17 bits per heavy atom. The number of aryl methyl sites for hydroxylation is 1. The molecule has 1 fully saturated rings. The molecule has 0 aromatic carbocycles. The van der Waals surface area contributed by atoms with Crippen LogP contribution in [-0.4, -0.2) is 23.3 Å². The zero-order chi connectivity index (χ0) is 16.7. The molecule has 1 aromatic rings. The van der Waals surface area contributed by atoms with E-state index in [4.69, 9.17) is 9.47 Å². The van der Waals surface area contributed by atoms with Gasteiger partial charge in [0, 0.05) is 6.20 Å². The van der Waals surface area contributed by atoms with Crippen LogP contribution in [0.1, 0.15) is 64.6 Å². The molecule has 0 radical (unpaired) electrons. The Morgan fingerprint density at radius 1 is 1.35 bits per heavy atom. The number of allylic oxidation sites excluding steroid dienone is 1. The minimum Gasteiger partial charge on any atom is -0.371 e. The first-order valence-electron chi connectivity index (χ1n) is 8.98. The smallest absolute Gasteiger partial charge is 0.0918 e. The largest absolute Gasteiger partial charge is 0.371 e. The van der Waals surface area contributed by atoms with Crippen LogP contribution in [0.25, 0.3) is 0 Å². The Kier molecular flexibility index (Phi) is 6.79. The van der Waals surface area contributed by atoms with Crippen molar-refractivity contribution >= 4 is 0 Å². The number of aromatic nitrogens is 1. The van der Waals surface area contributed by atoms with Gasteiger partial charge in [0.05, 0.1) is 30.6 Å². The van der Waals surface area contributed by atoms with Crippen molar-refractivity contribution in [2.75, 3.05) is 6.61 Å². The van der Waals surface area contributed by atoms with E-state index >= 15 is 0 Å². The van der Waals surface area contributed by atoms with Gasteiger partial charge in [-0.3, -0.25) is 4.98 Å². The van der Waals surface area contributed by atoms with Crippen LogP contribution in [0.15, 0.2) is 30.0 Å². The summed E-state index contributed by atoms with van der Waals surface area (Å²) in [6.07, 6.45) is 10.1. The molecular formula is C20H31NO2. The summed E-state index contributed by atoms with van der Waals surface area (Å²) in [5, 5.41) is 0. The SMILES string of the molecule is CCC(=CCOCc1ccc(CC)cn1)CCC1OC1(C)CC. The number of hydrogen-bond acceptors (Lipinski definition) is 3. The molecule has 0 amide bonds. The molecule has 1 saturated heterocycles. The Morgan fingerprint density at radius 3 is 2.74 bits per heavy atom. The van der Waals surface area contributed by atoms with Gasteiger partial charge >= 0.3 is 0 Å². The number of nitrogens with zero attached hydrogens (tertiary/aromatic N) is 1. The second-order valence-electron chi connectivity index (χ2n) is 6.55. The van der Waals surface area contributed by atoms with Gasteiger partial charge in [0.15, 0.2) is 0 Å². The second-order valence-corrected chi connectivity index (χ2v) is 6.55. The Balaban J connectivity index is 1.68. The molecule has 2 rings (SSSR count). The van der Waals surface area contributed by atoms with Crippen molar-refractivity contribution in [1.82, 2.24) is 4.98 Å². The van der Waals surface area contributed by atoms with Crippen LogP contribution in [-0.2, 0) is 22.5 Å². The highest BCUT2D eigenvalue weighted by atomic mass is 16.6. The van der Waals surface area contributed by atoms with Crippen molar-refractivity contribution in [1.29, 1.82) is 0 Å². The summed E-state index contributed by atoms with van der Waals surface area (Å²) in [4.78, 5) is 4.42. The summed E-state index contributed by atoms with van der Waals surface area (Å²) in [5.74, 6) is 0. The number of ether oxygens (including phenoxy) is 2. The van der Waals surface area contributed by atoms with Crippen molar-refractivity contribution in [2.24, 2.45) is 0 Å². The summed E-state index contributed by atoms with van der Waals surface area (Å²) >= 11 is 0. The van der Waals surface area contributed by atoms with E-state index in [2.05, 4.69) is 50.9 Å². The topological polar surface area (TPSA) is 34.6 Å². The second kappa shape index (κ2) is 8.60. The summed E-state index contributed by atoms with van der Waals surface area (Å²) in [6.45, 7) is 10.0. The van der Waals surface area contributed by atoms with E-state index in [-0.39, 0.29) is 5.60 Å². The highest BCUT2D eigenvalue weighted by molar-refractivity contribution is 5.13. The number of rotatable bonds is 10. The van der Waals surface area contributed by atoms with Crippen molar-refractivity contribution in [2.45, 2.75) is 78.1 Å². The maximum atomic E-state index is 5.78. The Hall–Kier alpha value is -1.19. The van der Waals surface area contributed by atoms with Crippen LogP contribution in [0.3, 0.4) is 0 Å². The normalized spacial score (nSPS) is 24.0. The number of hydrogen-bond donors (Lipinski definition) is 0. The van der Waals surface area contributed by atoms with Gasteiger partial charge in [-0.2, -0.15) is 0 Å². The first kappa shape index (κ1) is 18.2. The zero-order valence-corrected chi connectivity index (χ0v) is 15.1. The highest BCUT2D eigenvalue weighted by Crippen LogP contribution is 2.42. The average Bonchev–Trinajstić information content (AvgIpc) is 3.25. The molecule has 3 nitrogen and oxygen atoms in total. The van der Waals surface area contributed by atoms with Crippen LogP contribution in [0.5, 0.6) is 0 Å². The van der Waals surface area contributed by atoms with Gasteiger partial charge in [0.25, 0.3) is 0 Å². The lowest BCUT2D eigenvalue weighted by atomic mass is 9.98. The molecule has 1 aromatic heterocycles. The molecule has 3 heteroatoms. The lowest BCUT2D eigenvalue weighted by Crippen LogP contribution is -2.07. The van der Waals surface area contributed by atoms with Crippen molar-refractivity contribution in [3.05, 3.63) is 41.2 Å².